The standard InChI is InChI=1S/C16H18N2O2/c1-10-6-8-12(9-7-10)11(2)18-15-13(16(19)20)4-3-5-14(15)17/h3-9,11,18H,17H2,1-2H3,(H,19,20). The van der Waals surface area contributed by atoms with Gasteiger partial charge in [-0.1, -0.05) is 35.9 Å². The highest BCUT2D eigenvalue weighted by Gasteiger charge is 2.15. The van der Waals surface area contributed by atoms with Gasteiger partial charge < -0.3 is 16.2 Å². The number of anilines is 2. The van der Waals surface area contributed by atoms with Crippen LogP contribution in [0.5, 0.6) is 0 Å². The van der Waals surface area contributed by atoms with E-state index in [0.29, 0.717) is 11.4 Å². The van der Waals surface area contributed by atoms with Crippen LogP contribution in [0.4, 0.5) is 11.4 Å². The van der Waals surface area contributed by atoms with Crippen molar-refractivity contribution in [2.24, 2.45) is 0 Å². The van der Waals surface area contributed by atoms with E-state index in [1.165, 1.54) is 5.56 Å². The molecule has 2 aromatic rings. The van der Waals surface area contributed by atoms with Gasteiger partial charge in [-0.05, 0) is 31.5 Å². The van der Waals surface area contributed by atoms with Crippen molar-refractivity contribution in [3.8, 4) is 0 Å². The SMILES string of the molecule is Cc1ccc(C(C)Nc2c(N)cccc2C(=O)O)cc1. The predicted molar refractivity (Wildman–Crippen MR) is 81.0 cm³/mol. The van der Waals surface area contributed by atoms with Crippen molar-refractivity contribution in [3.63, 3.8) is 0 Å². The Bertz CT molecular complexity index is 621. The molecule has 2 aromatic carbocycles. The van der Waals surface area contributed by atoms with Crippen molar-refractivity contribution in [2.45, 2.75) is 19.9 Å². The van der Waals surface area contributed by atoms with E-state index in [0.717, 1.165) is 5.56 Å². The molecular weight excluding hydrogens is 252 g/mol. The largest absolute Gasteiger partial charge is 0.478 e. The van der Waals surface area contributed by atoms with Crippen molar-refractivity contribution < 1.29 is 9.90 Å². The van der Waals surface area contributed by atoms with Crippen molar-refractivity contribution >= 4 is 17.3 Å². The van der Waals surface area contributed by atoms with Crippen LogP contribution in [0.1, 0.15) is 34.5 Å². The monoisotopic (exact) mass is 270 g/mol. The lowest BCUT2D eigenvalue weighted by molar-refractivity contribution is 0.0698. The second-order valence-electron chi connectivity index (χ2n) is 4.85. The molecule has 20 heavy (non-hydrogen) atoms. The highest BCUT2D eigenvalue weighted by atomic mass is 16.4. The predicted octanol–water partition coefficient (Wildman–Crippen LogP) is 3.45. The third-order valence-electron chi connectivity index (χ3n) is 3.27. The maximum atomic E-state index is 11.2. The van der Waals surface area contributed by atoms with Gasteiger partial charge in [-0.3, -0.25) is 0 Å². The molecule has 1 unspecified atom stereocenters. The fraction of sp³-hybridized carbons (Fsp3) is 0.188. The first-order chi connectivity index (χ1) is 9.49. The number of aryl methyl sites for hydroxylation is 1. The summed E-state index contributed by atoms with van der Waals surface area (Å²) in [6.45, 7) is 4.00. The van der Waals surface area contributed by atoms with Crippen LogP contribution in [0.3, 0.4) is 0 Å². The summed E-state index contributed by atoms with van der Waals surface area (Å²) >= 11 is 0. The summed E-state index contributed by atoms with van der Waals surface area (Å²) in [5.74, 6) is -0.990. The fourth-order valence-electron chi connectivity index (χ4n) is 2.06. The minimum atomic E-state index is -0.990. The van der Waals surface area contributed by atoms with E-state index in [-0.39, 0.29) is 11.6 Å². The van der Waals surface area contributed by atoms with Gasteiger partial charge in [-0.25, -0.2) is 4.79 Å². The number of carbonyl (C=O) groups is 1. The molecule has 2 rings (SSSR count). The van der Waals surface area contributed by atoms with E-state index in [1.54, 1.807) is 18.2 Å². The molecule has 0 aliphatic carbocycles. The first-order valence-electron chi connectivity index (χ1n) is 6.44. The Morgan fingerprint density at radius 3 is 2.45 bits per heavy atom. The second kappa shape index (κ2) is 5.65. The summed E-state index contributed by atoms with van der Waals surface area (Å²) in [6, 6.07) is 12.9. The topological polar surface area (TPSA) is 75.3 Å². The van der Waals surface area contributed by atoms with E-state index in [4.69, 9.17) is 5.73 Å². The Balaban J connectivity index is 2.30. The molecule has 0 saturated heterocycles. The van der Waals surface area contributed by atoms with E-state index in [2.05, 4.69) is 5.32 Å². The highest BCUT2D eigenvalue weighted by Crippen LogP contribution is 2.28. The quantitative estimate of drug-likeness (QED) is 0.744. The summed E-state index contributed by atoms with van der Waals surface area (Å²) < 4.78 is 0. The molecule has 0 amide bonds. The van der Waals surface area contributed by atoms with Crippen LogP contribution < -0.4 is 11.1 Å². The third kappa shape index (κ3) is 2.91. The van der Waals surface area contributed by atoms with Crippen LogP contribution in [0, 0.1) is 6.92 Å². The first-order valence-corrected chi connectivity index (χ1v) is 6.44. The molecule has 0 spiro atoms. The van der Waals surface area contributed by atoms with Crippen LogP contribution in [0.15, 0.2) is 42.5 Å². The molecule has 4 nitrogen and oxygen atoms in total. The lowest BCUT2D eigenvalue weighted by Gasteiger charge is -2.19. The van der Waals surface area contributed by atoms with Gasteiger partial charge in [0.2, 0.25) is 0 Å². The Hall–Kier alpha value is -2.49. The van der Waals surface area contributed by atoms with Crippen molar-refractivity contribution in [1.29, 1.82) is 0 Å². The zero-order valence-electron chi connectivity index (χ0n) is 11.6. The molecule has 0 heterocycles. The zero-order chi connectivity index (χ0) is 14.7. The molecule has 0 saturated carbocycles. The third-order valence-corrected chi connectivity index (χ3v) is 3.27. The van der Waals surface area contributed by atoms with Crippen molar-refractivity contribution in [2.75, 3.05) is 11.1 Å². The van der Waals surface area contributed by atoms with Crippen LogP contribution in [-0.4, -0.2) is 11.1 Å². The molecule has 0 radical (unpaired) electrons. The summed E-state index contributed by atoms with van der Waals surface area (Å²) in [6.07, 6.45) is 0. The molecular formula is C16H18N2O2. The first kappa shape index (κ1) is 13.9. The number of aromatic carboxylic acids is 1. The molecule has 4 N–H and O–H groups in total. The number of nitrogens with one attached hydrogen (secondary N) is 1. The van der Waals surface area contributed by atoms with Gasteiger partial charge in [-0.2, -0.15) is 0 Å². The minimum Gasteiger partial charge on any atom is -0.478 e. The van der Waals surface area contributed by atoms with E-state index < -0.39 is 5.97 Å². The maximum absolute atomic E-state index is 11.2. The second-order valence-corrected chi connectivity index (χ2v) is 4.85. The van der Waals surface area contributed by atoms with Gasteiger partial charge in [0.05, 0.1) is 16.9 Å². The number of rotatable bonds is 4. The van der Waals surface area contributed by atoms with Crippen molar-refractivity contribution in [1.82, 2.24) is 0 Å². The Morgan fingerprint density at radius 2 is 1.85 bits per heavy atom. The molecule has 104 valence electrons. The normalized spacial score (nSPS) is 11.9. The molecule has 1 atom stereocenters. The number of hydrogen-bond acceptors (Lipinski definition) is 3. The fourth-order valence-corrected chi connectivity index (χ4v) is 2.06. The maximum Gasteiger partial charge on any atom is 0.337 e. The minimum absolute atomic E-state index is 0.0293. The molecule has 0 aromatic heterocycles. The van der Waals surface area contributed by atoms with Crippen LogP contribution in [0.2, 0.25) is 0 Å². The van der Waals surface area contributed by atoms with Gasteiger partial charge in [0, 0.05) is 6.04 Å². The molecule has 0 bridgehead atoms. The van der Waals surface area contributed by atoms with Gasteiger partial charge in [0.25, 0.3) is 0 Å². The zero-order valence-corrected chi connectivity index (χ0v) is 11.6. The summed E-state index contributed by atoms with van der Waals surface area (Å²) in [5, 5.41) is 12.4. The van der Waals surface area contributed by atoms with Gasteiger partial charge >= 0.3 is 5.97 Å². The summed E-state index contributed by atoms with van der Waals surface area (Å²) in [4.78, 5) is 11.2. The van der Waals surface area contributed by atoms with Crippen molar-refractivity contribution in [3.05, 3.63) is 59.2 Å². The lowest BCUT2D eigenvalue weighted by atomic mass is 10.0. The number of nitrogen functional groups attached to an aromatic ring is 1. The number of hydrogen-bond donors (Lipinski definition) is 3. The van der Waals surface area contributed by atoms with Crippen LogP contribution in [-0.2, 0) is 0 Å². The van der Waals surface area contributed by atoms with E-state index >= 15 is 0 Å². The smallest absolute Gasteiger partial charge is 0.337 e. The lowest BCUT2D eigenvalue weighted by Crippen LogP contribution is -2.12. The summed E-state index contributed by atoms with van der Waals surface area (Å²) in [7, 11) is 0. The number of benzene rings is 2. The van der Waals surface area contributed by atoms with Gasteiger partial charge in [-0.15, -0.1) is 0 Å². The number of carboxylic acid groups (broad SMARTS) is 1. The van der Waals surface area contributed by atoms with Crippen LogP contribution in [0.25, 0.3) is 0 Å². The van der Waals surface area contributed by atoms with Crippen LogP contribution >= 0.6 is 0 Å². The average Bonchev–Trinajstić information content (AvgIpc) is 2.41. The number of carboxylic acids is 1. The Kier molecular flexibility index (Phi) is 3.94. The molecule has 0 aliphatic heterocycles. The Labute approximate surface area is 118 Å². The van der Waals surface area contributed by atoms with Gasteiger partial charge in [0.1, 0.15) is 0 Å². The number of nitrogens with two attached hydrogens (primary N) is 1. The highest BCUT2D eigenvalue weighted by molar-refractivity contribution is 5.97. The Morgan fingerprint density at radius 1 is 1.20 bits per heavy atom. The summed E-state index contributed by atoms with van der Waals surface area (Å²) in [5.41, 5.74) is 9.23. The molecule has 0 aliphatic rings. The van der Waals surface area contributed by atoms with Gasteiger partial charge in [0.15, 0.2) is 0 Å². The average molecular weight is 270 g/mol. The molecule has 4 heteroatoms. The number of para-hydroxylation sites is 1. The van der Waals surface area contributed by atoms with E-state index in [9.17, 15) is 9.90 Å². The molecule has 0 fully saturated rings. The van der Waals surface area contributed by atoms with E-state index in [1.807, 2.05) is 38.1 Å².